The molecule has 0 spiro atoms. The lowest BCUT2D eigenvalue weighted by Gasteiger charge is -2.14. The van der Waals surface area contributed by atoms with E-state index in [9.17, 15) is 4.39 Å². The smallest absolute Gasteiger partial charge is 0.167 e. The minimum atomic E-state index is -0.415. The van der Waals surface area contributed by atoms with E-state index in [0.29, 0.717) is 11.5 Å². The normalized spacial score (nSPS) is 10.3. The average molecular weight is 290 g/mol. The zero-order valence-electron chi connectivity index (χ0n) is 12.4. The zero-order chi connectivity index (χ0) is 15.2. The van der Waals surface area contributed by atoms with Gasteiger partial charge in [0.1, 0.15) is 18.0 Å². The molecule has 0 aliphatic heterocycles. The molecule has 0 radical (unpaired) electrons. The van der Waals surface area contributed by atoms with E-state index >= 15 is 0 Å². The minimum absolute atomic E-state index is 0.215. The highest BCUT2D eigenvalue weighted by molar-refractivity contribution is 5.65. The fourth-order valence-corrected chi connectivity index (χ4v) is 2.06. The van der Waals surface area contributed by atoms with Gasteiger partial charge in [-0.3, -0.25) is 0 Å². The van der Waals surface area contributed by atoms with Gasteiger partial charge in [-0.15, -0.1) is 0 Å². The van der Waals surface area contributed by atoms with Gasteiger partial charge in [0.05, 0.1) is 7.11 Å². The Labute approximate surface area is 123 Å². The number of nitrogens with zero attached hydrogens (tertiary/aromatic N) is 2. The number of methoxy groups -OCH3 is 1. The van der Waals surface area contributed by atoms with Gasteiger partial charge in [0.15, 0.2) is 11.6 Å². The second-order valence-electron chi connectivity index (χ2n) is 4.41. The third kappa shape index (κ3) is 3.39. The number of aromatic nitrogens is 2. The topological polar surface area (TPSA) is 59.1 Å². The summed E-state index contributed by atoms with van der Waals surface area (Å²) in [4.78, 5) is 8.47. The first kappa shape index (κ1) is 15.0. The number of rotatable bonds is 6. The summed E-state index contributed by atoms with van der Waals surface area (Å²) >= 11 is 0. The summed E-state index contributed by atoms with van der Waals surface area (Å²) in [5.74, 6) is 1.27. The van der Waals surface area contributed by atoms with Crippen LogP contribution in [0.15, 0.2) is 24.5 Å². The van der Waals surface area contributed by atoms with Crippen molar-refractivity contribution in [2.45, 2.75) is 20.3 Å². The Balaban J connectivity index is 2.30. The molecule has 0 aliphatic carbocycles. The number of halogens is 1. The van der Waals surface area contributed by atoms with E-state index in [0.717, 1.165) is 24.3 Å². The lowest BCUT2D eigenvalue weighted by atomic mass is 10.2. The highest BCUT2D eigenvalue weighted by Crippen LogP contribution is 2.26. The van der Waals surface area contributed by atoms with Crippen LogP contribution < -0.4 is 15.4 Å². The summed E-state index contributed by atoms with van der Waals surface area (Å²) in [5.41, 5.74) is 1.58. The van der Waals surface area contributed by atoms with E-state index in [4.69, 9.17) is 4.74 Å². The summed E-state index contributed by atoms with van der Waals surface area (Å²) in [6.45, 7) is 4.81. The Bertz CT molecular complexity index is 619. The lowest BCUT2D eigenvalue weighted by molar-refractivity contribution is 0.386. The molecule has 0 atom stereocenters. The third-order valence-electron chi connectivity index (χ3n) is 3.06. The molecule has 112 valence electrons. The fraction of sp³-hybridized carbons (Fsp3) is 0.333. The highest BCUT2D eigenvalue weighted by Gasteiger charge is 2.10. The van der Waals surface area contributed by atoms with Crippen molar-refractivity contribution in [3.8, 4) is 5.75 Å². The molecule has 2 N–H and O–H groups in total. The SMILES string of the molecule is CCNc1ncnc(Nc2ccc(OC)c(F)c2)c1CC. The van der Waals surface area contributed by atoms with Gasteiger partial charge in [-0.05, 0) is 25.5 Å². The number of nitrogens with one attached hydrogen (secondary N) is 2. The van der Waals surface area contributed by atoms with Crippen LogP contribution in [0.3, 0.4) is 0 Å². The van der Waals surface area contributed by atoms with Crippen molar-refractivity contribution in [1.29, 1.82) is 0 Å². The van der Waals surface area contributed by atoms with Gasteiger partial charge in [-0.25, -0.2) is 14.4 Å². The van der Waals surface area contributed by atoms with Crippen molar-refractivity contribution >= 4 is 17.3 Å². The Kier molecular flexibility index (Phi) is 4.92. The Hall–Kier alpha value is -2.37. The van der Waals surface area contributed by atoms with Crippen molar-refractivity contribution in [2.75, 3.05) is 24.3 Å². The molecule has 0 amide bonds. The van der Waals surface area contributed by atoms with E-state index in [1.807, 2.05) is 13.8 Å². The van der Waals surface area contributed by atoms with Gasteiger partial charge in [0.25, 0.3) is 0 Å². The molecule has 21 heavy (non-hydrogen) atoms. The van der Waals surface area contributed by atoms with E-state index in [2.05, 4.69) is 20.6 Å². The first-order valence-electron chi connectivity index (χ1n) is 6.87. The van der Waals surface area contributed by atoms with Crippen LogP contribution in [0.1, 0.15) is 19.4 Å². The predicted octanol–water partition coefficient (Wildman–Crippen LogP) is 3.36. The first-order valence-corrected chi connectivity index (χ1v) is 6.87. The van der Waals surface area contributed by atoms with Crippen LogP contribution in [0.25, 0.3) is 0 Å². The molecule has 2 aromatic rings. The van der Waals surface area contributed by atoms with Crippen molar-refractivity contribution in [3.05, 3.63) is 35.9 Å². The number of ether oxygens (including phenoxy) is 1. The maximum atomic E-state index is 13.7. The molecule has 0 fully saturated rings. The molecule has 0 saturated heterocycles. The van der Waals surface area contributed by atoms with Crippen LogP contribution >= 0.6 is 0 Å². The molecule has 1 heterocycles. The maximum absolute atomic E-state index is 13.7. The van der Waals surface area contributed by atoms with Crippen LogP contribution in [-0.2, 0) is 6.42 Å². The number of hydrogen-bond donors (Lipinski definition) is 2. The van der Waals surface area contributed by atoms with Gasteiger partial charge >= 0.3 is 0 Å². The summed E-state index contributed by atoms with van der Waals surface area (Å²) in [6.07, 6.45) is 2.25. The maximum Gasteiger partial charge on any atom is 0.167 e. The molecular formula is C15H19FN4O. The van der Waals surface area contributed by atoms with Gasteiger partial charge in [0, 0.05) is 23.9 Å². The molecule has 0 bridgehead atoms. The summed E-state index contributed by atoms with van der Waals surface area (Å²) in [5, 5.41) is 6.33. The third-order valence-corrected chi connectivity index (χ3v) is 3.06. The van der Waals surface area contributed by atoms with Crippen LogP contribution in [0, 0.1) is 5.82 Å². The van der Waals surface area contributed by atoms with Gasteiger partial charge in [0.2, 0.25) is 0 Å². The average Bonchev–Trinajstić information content (AvgIpc) is 2.48. The second-order valence-corrected chi connectivity index (χ2v) is 4.41. The molecule has 1 aromatic heterocycles. The van der Waals surface area contributed by atoms with Crippen molar-refractivity contribution in [3.63, 3.8) is 0 Å². The van der Waals surface area contributed by atoms with E-state index in [1.54, 1.807) is 12.1 Å². The Morgan fingerprint density at radius 3 is 2.57 bits per heavy atom. The van der Waals surface area contributed by atoms with E-state index < -0.39 is 5.82 Å². The van der Waals surface area contributed by atoms with Crippen LogP contribution in [0.2, 0.25) is 0 Å². The summed E-state index contributed by atoms with van der Waals surface area (Å²) in [6, 6.07) is 4.71. The largest absolute Gasteiger partial charge is 0.494 e. The van der Waals surface area contributed by atoms with Gasteiger partial charge in [-0.2, -0.15) is 0 Å². The molecule has 6 heteroatoms. The lowest BCUT2D eigenvalue weighted by Crippen LogP contribution is -2.07. The van der Waals surface area contributed by atoms with Crippen molar-refractivity contribution in [2.24, 2.45) is 0 Å². The molecule has 5 nitrogen and oxygen atoms in total. The first-order chi connectivity index (χ1) is 10.2. The number of benzene rings is 1. The van der Waals surface area contributed by atoms with Gasteiger partial charge < -0.3 is 15.4 Å². The highest BCUT2D eigenvalue weighted by atomic mass is 19.1. The van der Waals surface area contributed by atoms with Crippen LogP contribution in [0.4, 0.5) is 21.7 Å². The molecular weight excluding hydrogens is 271 g/mol. The van der Waals surface area contributed by atoms with E-state index in [1.165, 1.54) is 19.5 Å². The molecule has 0 saturated carbocycles. The van der Waals surface area contributed by atoms with Crippen molar-refractivity contribution in [1.82, 2.24) is 9.97 Å². The number of anilines is 3. The Morgan fingerprint density at radius 2 is 1.95 bits per heavy atom. The standard InChI is InChI=1S/C15H19FN4O/c1-4-11-14(17-5-2)18-9-19-15(11)20-10-6-7-13(21-3)12(16)8-10/h6-9H,4-5H2,1-3H3,(H2,17,18,19,20). The second kappa shape index (κ2) is 6.88. The molecule has 0 unspecified atom stereocenters. The van der Waals surface area contributed by atoms with Crippen molar-refractivity contribution < 1.29 is 9.13 Å². The minimum Gasteiger partial charge on any atom is -0.494 e. The fourth-order valence-electron chi connectivity index (χ4n) is 2.06. The number of hydrogen-bond acceptors (Lipinski definition) is 5. The van der Waals surface area contributed by atoms with Gasteiger partial charge in [-0.1, -0.05) is 6.92 Å². The Morgan fingerprint density at radius 1 is 1.19 bits per heavy atom. The zero-order valence-corrected chi connectivity index (χ0v) is 12.4. The monoisotopic (exact) mass is 290 g/mol. The van der Waals surface area contributed by atoms with Crippen LogP contribution in [-0.4, -0.2) is 23.6 Å². The quantitative estimate of drug-likeness (QED) is 0.854. The summed E-state index contributed by atoms with van der Waals surface area (Å²) in [7, 11) is 1.44. The molecule has 0 aliphatic rings. The molecule has 1 aromatic carbocycles. The molecule has 2 rings (SSSR count). The summed E-state index contributed by atoms with van der Waals surface area (Å²) < 4.78 is 18.6. The van der Waals surface area contributed by atoms with E-state index in [-0.39, 0.29) is 5.75 Å². The predicted molar refractivity (Wildman–Crippen MR) is 81.8 cm³/mol. The van der Waals surface area contributed by atoms with Crippen LogP contribution in [0.5, 0.6) is 5.75 Å².